The first-order valence-electron chi connectivity index (χ1n) is 5.86. The number of nitro benzene ring substituents is 1. The van der Waals surface area contributed by atoms with Crippen molar-refractivity contribution in [3.05, 3.63) is 39.9 Å². The van der Waals surface area contributed by atoms with Crippen molar-refractivity contribution in [2.45, 2.75) is 18.9 Å². The number of rotatable bonds is 4. The van der Waals surface area contributed by atoms with Crippen molar-refractivity contribution in [1.29, 1.82) is 0 Å². The molecule has 92 valence electrons. The highest BCUT2D eigenvalue weighted by Gasteiger charge is 2.18. The van der Waals surface area contributed by atoms with Gasteiger partial charge in [0.05, 0.1) is 4.92 Å². The van der Waals surface area contributed by atoms with Gasteiger partial charge in [-0.3, -0.25) is 10.1 Å². The summed E-state index contributed by atoms with van der Waals surface area (Å²) in [6.07, 6.45) is 1.99. The molecule has 2 N–H and O–H groups in total. The van der Waals surface area contributed by atoms with Gasteiger partial charge in [-0.2, -0.15) is 0 Å². The van der Waals surface area contributed by atoms with Crippen LogP contribution in [0.4, 0.5) is 5.69 Å². The third kappa shape index (κ3) is 3.25. The van der Waals surface area contributed by atoms with Gasteiger partial charge in [0.2, 0.25) is 0 Å². The standard InChI is InChI=1S/C12H17N3O2/c13-11-6-8-14(9-11)7-5-10-1-3-12(4-2-10)15(16)17/h1-4,11H,5-9,13H2/t11-/m1/s1. The summed E-state index contributed by atoms with van der Waals surface area (Å²) in [5.41, 5.74) is 7.12. The lowest BCUT2D eigenvalue weighted by Crippen LogP contribution is -2.28. The Morgan fingerprint density at radius 3 is 2.65 bits per heavy atom. The maximum Gasteiger partial charge on any atom is 0.269 e. The summed E-state index contributed by atoms with van der Waals surface area (Å²) in [5, 5.41) is 10.5. The zero-order valence-corrected chi connectivity index (χ0v) is 9.71. The number of non-ortho nitro benzene ring substituents is 1. The third-order valence-electron chi connectivity index (χ3n) is 3.17. The molecule has 5 nitrogen and oxygen atoms in total. The first-order chi connectivity index (χ1) is 8.15. The summed E-state index contributed by atoms with van der Waals surface area (Å²) in [5.74, 6) is 0. The van der Waals surface area contributed by atoms with Crippen LogP contribution in [0.5, 0.6) is 0 Å². The minimum absolute atomic E-state index is 0.150. The molecular weight excluding hydrogens is 218 g/mol. The van der Waals surface area contributed by atoms with Crippen LogP contribution in [-0.2, 0) is 6.42 Å². The fourth-order valence-corrected chi connectivity index (χ4v) is 2.14. The number of nitro groups is 1. The summed E-state index contributed by atoms with van der Waals surface area (Å²) in [4.78, 5) is 12.5. The average Bonchev–Trinajstić information content (AvgIpc) is 2.73. The Morgan fingerprint density at radius 2 is 2.12 bits per heavy atom. The number of likely N-dealkylation sites (tertiary alicyclic amines) is 1. The Labute approximate surface area is 100 Å². The Balaban J connectivity index is 1.85. The quantitative estimate of drug-likeness (QED) is 0.628. The number of nitrogens with zero attached hydrogens (tertiary/aromatic N) is 2. The van der Waals surface area contributed by atoms with Gasteiger partial charge < -0.3 is 10.6 Å². The molecule has 0 amide bonds. The van der Waals surface area contributed by atoms with E-state index in [0.29, 0.717) is 6.04 Å². The maximum absolute atomic E-state index is 10.5. The molecule has 0 spiro atoms. The number of benzene rings is 1. The van der Waals surface area contributed by atoms with Crippen molar-refractivity contribution in [3.8, 4) is 0 Å². The third-order valence-corrected chi connectivity index (χ3v) is 3.17. The van der Waals surface area contributed by atoms with E-state index in [1.165, 1.54) is 0 Å². The molecule has 1 atom stereocenters. The molecular formula is C12H17N3O2. The van der Waals surface area contributed by atoms with Crippen LogP contribution in [0, 0.1) is 10.1 Å². The molecule has 0 aliphatic carbocycles. The van der Waals surface area contributed by atoms with Crippen LogP contribution in [0.1, 0.15) is 12.0 Å². The summed E-state index contributed by atoms with van der Waals surface area (Å²) in [6.45, 7) is 3.01. The zero-order valence-electron chi connectivity index (χ0n) is 9.71. The highest BCUT2D eigenvalue weighted by Crippen LogP contribution is 2.13. The fourth-order valence-electron chi connectivity index (χ4n) is 2.14. The van der Waals surface area contributed by atoms with Gasteiger partial charge in [-0.15, -0.1) is 0 Å². The molecule has 2 rings (SSSR count). The van der Waals surface area contributed by atoms with Gasteiger partial charge in [0.1, 0.15) is 0 Å². The van der Waals surface area contributed by atoms with Gasteiger partial charge in [-0.05, 0) is 24.9 Å². The second-order valence-electron chi connectivity index (χ2n) is 4.52. The van der Waals surface area contributed by atoms with Crippen LogP contribution in [0.2, 0.25) is 0 Å². The Bertz CT molecular complexity index is 391. The van der Waals surface area contributed by atoms with Gasteiger partial charge in [0, 0.05) is 31.3 Å². The van der Waals surface area contributed by atoms with Crippen molar-refractivity contribution in [2.24, 2.45) is 5.73 Å². The van der Waals surface area contributed by atoms with Crippen molar-refractivity contribution in [3.63, 3.8) is 0 Å². The predicted molar refractivity (Wildman–Crippen MR) is 65.8 cm³/mol. The first kappa shape index (κ1) is 12.0. The molecule has 1 saturated heterocycles. The predicted octanol–water partition coefficient (Wildman–Crippen LogP) is 1.17. The number of nitrogens with two attached hydrogens (primary N) is 1. The minimum atomic E-state index is -0.372. The van der Waals surface area contributed by atoms with Gasteiger partial charge in [0.25, 0.3) is 5.69 Å². The Kier molecular flexibility index (Phi) is 3.71. The zero-order chi connectivity index (χ0) is 12.3. The van der Waals surface area contributed by atoms with Gasteiger partial charge in [-0.1, -0.05) is 12.1 Å². The second kappa shape index (κ2) is 5.25. The molecule has 1 fully saturated rings. The molecule has 0 saturated carbocycles. The van der Waals surface area contributed by atoms with Gasteiger partial charge >= 0.3 is 0 Å². The van der Waals surface area contributed by atoms with E-state index in [1.54, 1.807) is 12.1 Å². The van der Waals surface area contributed by atoms with Crippen LogP contribution in [0.3, 0.4) is 0 Å². The van der Waals surface area contributed by atoms with Gasteiger partial charge in [0.15, 0.2) is 0 Å². The van der Waals surface area contributed by atoms with E-state index in [4.69, 9.17) is 5.73 Å². The SMILES string of the molecule is N[C@@H]1CCN(CCc2ccc([N+](=O)[O-])cc2)C1. The molecule has 1 aliphatic rings. The summed E-state index contributed by atoms with van der Waals surface area (Å²) >= 11 is 0. The molecule has 5 heteroatoms. The lowest BCUT2D eigenvalue weighted by atomic mass is 10.1. The number of hydrogen-bond donors (Lipinski definition) is 1. The van der Waals surface area contributed by atoms with E-state index in [0.717, 1.165) is 38.0 Å². The van der Waals surface area contributed by atoms with Gasteiger partial charge in [-0.25, -0.2) is 0 Å². The van der Waals surface area contributed by atoms with Crippen LogP contribution >= 0.6 is 0 Å². The molecule has 1 aliphatic heterocycles. The maximum atomic E-state index is 10.5. The van der Waals surface area contributed by atoms with Crippen LogP contribution < -0.4 is 5.73 Å². The normalized spacial score (nSPS) is 20.6. The summed E-state index contributed by atoms with van der Waals surface area (Å²) in [6, 6.07) is 7.09. The minimum Gasteiger partial charge on any atom is -0.326 e. The highest BCUT2D eigenvalue weighted by atomic mass is 16.6. The van der Waals surface area contributed by atoms with Crippen molar-refractivity contribution < 1.29 is 4.92 Å². The second-order valence-corrected chi connectivity index (χ2v) is 4.52. The average molecular weight is 235 g/mol. The van der Waals surface area contributed by atoms with Crippen LogP contribution in [-0.4, -0.2) is 35.5 Å². The lowest BCUT2D eigenvalue weighted by Gasteiger charge is -2.14. The topological polar surface area (TPSA) is 72.4 Å². The van der Waals surface area contributed by atoms with Crippen molar-refractivity contribution >= 4 is 5.69 Å². The molecule has 0 aromatic heterocycles. The van der Waals surface area contributed by atoms with Crippen molar-refractivity contribution in [1.82, 2.24) is 4.90 Å². The highest BCUT2D eigenvalue weighted by molar-refractivity contribution is 5.32. The summed E-state index contributed by atoms with van der Waals surface area (Å²) < 4.78 is 0. The Hall–Kier alpha value is -1.46. The summed E-state index contributed by atoms with van der Waals surface area (Å²) in [7, 11) is 0. The lowest BCUT2D eigenvalue weighted by molar-refractivity contribution is -0.384. The Morgan fingerprint density at radius 1 is 1.41 bits per heavy atom. The van der Waals surface area contributed by atoms with E-state index in [2.05, 4.69) is 4.90 Å². The largest absolute Gasteiger partial charge is 0.326 e. The van der Waals surface area contributed by atoms with E-state index in [9.17, 15) is 10.1 Å². The van der Waals surface area contributed by atoms with Crippen molar-refractivity contribution in [2.75, 3.05) is 19.6 Å². The molecule has 0 bridgehead atoms. The van der Waals surface area contributed by atoms with Crippen LogP contribution in [0.25, 0.3) is 0 Å². The fraction of sp³-hybridized carbons (Fsp3) is 0.500. The molecule has 0 radical (unpaired) electrons. The first-order valence-corrected chi connectivity index (χ1v) is 5.86. The monoisotopic (exact) mass is 235 g/mol. The smallest absolute Gasteiger partial charge is 0.269 e. The molecule has 1 aromatic rings. The molecule has 0 unspecified atom stereocenters. The molecule has 1 heterocycles. The molecule has 17 heavy (non-hydrogen) atoms. The van der Waals surface area contributed by atoms with E-state index >= 15 is 0 Å². The van der Waals surface area contributed by atoms with E-state index < -0.39 is 0 Å². The number of hydrogen-bond acceptors (Lipinski definition) is 4. The van der Waals surface area contributed by atoms with E-state index in [-0.39, 0.29) is 10.6 Å². The molecule has 1 aromatic carbocycles. The van der Waals surface area contributed by atoms with Crippen LogP contribution in [0.15, 0.2) is 24.3 Å². The van der Waals surface area contributed by atoms with E-state index in [1.807, 2.05) is 12.1 Å².